The van der Waals surface area contributed by atoms with E-state index in [1.165, 1.54) is 6.07 Å². The number of benzene rings is 3. The fourth-order valence-electron chi connectivity index (χ4n) is 4.11. The summed E-state index contributed by atoms with van der Waals surface area (Å²) in [5.74, 6) is 0.487. The Morgan fingerprint density at radius 2 is 1.86 bits per heavy atom. The number of fused-ring (bicyclic) bond motifs is 2. The van der Waals surface area contributed by atoms with Crippen molar-refractivity contribution in [2.75, 3.05) is 19.9 Å². The van der Waals surface area contributed by atoms with E-state index >= 15 is 0 Å². The van der Waals surface area contributed by atoms with Gasteiger partial charge in [-0.05, 0) is 54.8 Å². The molecular weight excluding hydrogens is 497 g/mol. The summed E-state index contributed by atoms with van der Waals surface area (Å²) in [6.45, 7) is 0.912. The number of carboxylic acid groups (broad SMARTS) is 1. The van der Waals surface area contributed by atoms with Crippen LogP contribution in [0.5, 0.6) is 28.7 Å². The van der Waals surface area contributed by atoms with Crippen molar-refractivity contribution < 1.29 is 63.2 Å². The molecule has 1 N–H and O–H groups in total. The summed E-state index contributed by atoms with van der Waals surface area (Å²) in [4.78, 5) is 23.9. The summed E-state index contributed by atoms with van der Waals surface area (Å²) in [6.07, 6.45) is 0.933. The van der Waals surface area contributed by atoms with Crippen LogP contribution in [-0.2, 0) is 11.2 Å². The molecule has 0 fully saturated rings. The van der Waals surface area contributed by atoms with Gasteiger partial charge >= 0.3 is 29.6 Å². The van der Waals surface area contributed by atoms with E-state index in [1.807, 2.05) is 18.2 Å². The molecule has 36 heavy (non-hydrogen) atoms. The number of ether oxygens (including phenoxy) is 4. The molecule has 0 aliphatic carbocycles. The molecule has 3 aromatic rings. The first-order valence-corrected chi connectivity index (χ1v) is 11.5. The van der Waals surface area contributed by atoms with E-state index in [2.05, 4.69) is 5.32 Å². The van der Waals surface area contributed by atoms with Gasteiger partial charge in [-0.1, -0.05) is 23.7 Å². The van der Waals surface area contributed by atoms with E-state index in [4.69, 9.17) is 30.5 Å². The number of hydrogen-bond acceptors (Lipinski definition) is 7. The number of para-hydroxylation sites is 1. The Balaban J connectivity index is 0.00000304. The molecule has 1 unspecified atom stereocenters. The molecule has 1 atom stereocenters. The van der Waals surface area contributed by atoms with Gasteiger partial charge in [0.15, 0.2) is 11.5 Å². The summed E-state index contributed by atoms with van der Waals surface area (Å²) >= 11 is 6.33. The average molecular weight is 518 g/mol. The van der Waals surface area contributed by atoms with Crippen LogP contribution < -0.4 is 58.9 Å². The topological polar surface area (TPSA) is 106 Å². The Morgan fingerprint density at radius 1 is 1.06 bits per heavy atom. The van der Waals surface area contributed by atoms with Crippen LogP contribution in [0.25, 0.3) is 0 Å². The molecule has 1 amide bonds. The zero-order valence-corrected chi connectivity index (χ0v) is 22.3. The number of halogens is 1. The van der Waals surface area contributed by atoms with Crippen LogP contribution in [0.3, 0.4) is 0 Å². The van der Waals surface area contributed by atoms with Gasteiger partial charge in [0, 0.05) is 35.6 Å². The molecule has 8 nitrogen and oxygen atoms in total. The molecule has 10 heteroatoms. The van der Waals surface area contributed by atoms with Gasteiger partial charge in [-0.15, -0.1) is 0 Å². The summed E-state index contributed by atoms with van der Waals surface area (Å²) in [7, 11) is 0. The number of hydrogen-bond donors (Lipinski definition) is 1. The second kappa shape index (κ2) is 11.4. The van der Waals surface area contributed by atoms with Gasteiger partial charge in [0.1, 0.15) is 17.2 Å². The monoisotopic (exact) mass is 517 g/mol. The summed E-state index contributed by atoms with van der Waals surface area (Å²) in [5, 5.41) is 14.5. The Hall–Kier alpha value is -2.91. The van der Waals surface area contributed by atoms with Crippen molar-refractivity contribution in [3.63, 3.8) is 0 Å². The van der Waals surface area contributed by atoms with Crippen molar-refractivity contribution >= 4 is 23.5 Å². The predicted octanol–water partition coefficient (Wildman–Crippen LogP) is 0.453. The molecule has 2 aliphatic rings. The predicted molar refractivity (Wildman–Crippen MR) is 124 cm³/mol. The third kappa shape index (κ3) is 5.57. The van der Waals surface area contributed by atoms with Gasteiger partial charge in [0.2, 0.25) is 6.79 Å². The first kappa shape index (κ1) is 26.2. The normalized spacial score (nSPS) is 15.2. The van der Waals surface area contributed by atoms with E-state index in [9.17, 15) is 14.7 Å². The van der Waals surface area contributed by atoms with Crippen molar-refractivity contribution in [3.8, 4) is 28.7 Å². The second-order valence-corrected chi connectivity index (χ2v) is 8.52. The zero-order chi connectivity index (χ0) is 24.4. The van der Waals surface area contributed by atoms with Crippen LogP contribution in [-0.4, -0.2) is 31.8 Å². The molecule has 2 heterocycles. The van der Waals surface area contributed by atoms with Gasteiger partial charge < -0.3 is 34.2 Å². The van der Waals surface area contributed by atoms with Crippen LogP contribution in [0.1, 0.15) is 33.8 Å². The van der Waals surface area contributed by atoms with Crippen LogP contribution in [0, 0.1) is 0 Å². The van der Waals surface area contributed by atoms with Gasteiger partial charge in [0.25, 0.3) is 5.91 Å². The molecule has 180 valence electrons. The smallest absolute Gasteiger partial charge is 0.549 e. The number of nitrogens with one attached hydrogen (secondary N) is 1. The van der Waals surface area contributed by atoms with Crippen LogP contribution >= 0.6 is 11.6 Å². The minimum absolute atomic E-state index is 0. The molecular formula is C26H21ClNNaO7. The zero-order valence-electron chi connectivity index (χ0n) is 19.5. The van der Waals surface area contributed by atoms with Crippen molar-refractivity contribution in [1.82, 2.24) is 5.32 Å². The van der Waals surface area contributed by atoms with E-state index < -0.39 is 11.9 Å². The largest absolute Gasteiger partial charge is 1.00 e. The fraction of sp³-hybridized carbons (Fsp3) is 0.231. The maximum Gasteiger partial charge on any atom is 1.00 e. The molecule has 0 spiro atoms. The van der Waals surface area contributed by atoms with Crippen molar-refractivity contribution in [2.45, 2.75) is 18.8 Å². The Bertz CT molecular complexity index is 1280. The van der Waals surface area contributed by atoms with E-state index in [0.717, 1.165) is 11.3 Å². The number of carbonyl (C=O) groups excluding carboxylic acids is 2. The van der Waals surface area contributed by atoms with Crippen LogP contribution in [0.4, 0.5) is 0 Å². The summed E-state index contributed by atoms with van der Waals surface area (Å²) in [5.41, 5.74) is 1.92. The number of aliphatic carboxylic acids is 1. The minimum atomic E-state index is -1.16. The van der Waals surface area contributed by atoms with Crippen LogP contribution in [0.15, 0.2) is 54.6 Å². The van der Waals surface area contributed by atoms with Crippen molar-refractivity contribution in [1.29, 1.82) is 0 Å². The Labute approximate surface area is 234 Å². The fourth-order valence-corrected chi connectivity index (χ4v) is 4.32. The van der Waals surface area contributed by atoms with E-state index in [1.54, 1.807) is 30.3 Å². The van der Waals surface area contributed by atoms with Gasteiger partial charge in [-0.3, -0.25) is 4.79 Å². The first-order chi connectivity index (χ1) is 17.0. The van der Waals surface area contributed by atoms with E-state index in [-0.39, 0.29) is 53.9 Å². The molecule has 2 aliphatic heterocycles. The molecule has 3 aromatic carbocycles. The second-order valence-electron chi connectivity index (χ2n) is 8.11. The van der Waals surface area contributed by atoms with Gasteiger partial charge in [-0.25, -0.2) is 0 Å². The molecule has 5 rings (SSSR count). The maximum atomic E-state index is 12.5. The summed E-state index contributed by atoms with van der Waals surface area (Å²) < 4.78 is 22.3. The van der Waals surface area contributed by atoms with E-state index in [0.29, 0.717) is 53.5 Å². The van der Waals surface area contributed by atoms with Crippen LogP contribution in [0.2, 0.25) is 5.02 Å². The first-order valence-electron chi connectivity index (χ1n) is 11.1. The average Bonchev–Trinajstić information content (AvgIpc) is 3.34. The number of carboxylic acids is 1. The molecule has 0 radical (unpaired) electrons. The number of carbonyl (C=O) groups is 2. The maximum absolute atomic E-state index is 12.5. The molecule has 0 aromatic heterocycles. The van der Waals surface area contributed by atoms with Crippen molar-refractivity contribution in [3.05, 3.63) is 76.3 Å². The van der Waals surface area contributed by atoms with Gasteiger partial charge in [0.05, 0.1) is 11.6 Å². The third-order valence-electron chi connectivity index (χ3n) is 5.89. The quantitative estimate of drug-likeness (QED) is 0.454. The van der Waals surface area contributed by atoms with Crippen molar-refractivity contribution in [2.24, 2.45) is 0 Å². The van der Waals surface area contributed by atoms with Gasteiger partial charge in [-0.2, -0.15) is 0 Å². The number of rotatable bonds is 7. The SMILES string of the molecule is O=C(NCCc1cccc2c1OCO2)c1ccc(Oc2cc3c(cc2Cl)C(C(=O)[O-])CCO3)cc1.[Na+]. The third-order valence-corrected chi connectivity index (χ3v) is 6.19. The standard InChI is InChI=1S/C26H22ClNO7.Na/c27-20-12-19-18(26(30)31)9-11-32-22(19)13-23(20)35-17-6-4-16(5-7-17)25(29)28-10-8-15-2-1-3-21-24(15)34-14-33-21;/h1-7,12-13,18H,8-11,14H2,(H,28,29)(H,30,31);/q;+1/p-1. The molecule has 0 saturated heterocycles. The summed E-state index contributed by atoms with van der Waals surface area (Å²) in [6, 6.07) is 15.4. The molecule has 0 saturated carbocycles. The molecule has 0 bridgehead atoms. The minimum Gasteiger partial charge on any atom is -0.549 e. The number of amides is 1. The Morgan fingerprint density at radius 3 is 2.64 bits per heavy atom. The Kier molecular flexibility index (Phi) is 8.31.